The topological polar surface area (TPSA) is 9.23 Å². The summed E-state index contributed by atoms with van der Waals surface area (Å²) in [5.74, 6) is 3.50. The molecule has 0 aromatic rings. The summed E-state index contributed by atoms with van der Waals surface area (Å²) in [7, 11) is 0. The van der Waals surface area contributed by atoms with Gasteiger partial charge in [0, 0.05) is 3.92 Å². The van der Waals surface area contributed by atoms with Crippen LogP contribution < -0.4 is 0 Å². The molecule has 1 nitrogen and oxygen atoms in total. The fourth-order valence-electron chi connectivity index (χ4n) is 4.99. The first-order valence-corrected chi connectivity index (χ1v) is 8.46. The summed E-state index contributed by atoms with van der Waals surface area (Å²) in [4.78, 5) is 0. The van der Waals surface area contributed by atoms with Crippen LogP contribution in [0.1, 0.15) is 53.4 Å². The van der Waals surface area contributed by atoms with Gasteiger partial charge in [-0.3, -0.25) is 0 Å². The molecule has 0 N–H and O–H groups in total. The first kappa shape index (κ1) is 12.7. The fraction of sp³-hybridized carbons (Fsp3) is 1.00. The van der Waals surface area contributed by atoms with Crippen molar-refractivity contribution in [3.8, 4) is 0 Å². The Hall–Kier alpha value is 0.690. The number of alkyl halides is 1. The zero-order valence-electron chi connectivity index (χ0n) is 11.5. The van der Waals surface area contributed by atoms with Gasteiger partial charge in [0.15, 0.2) is 0 Å². The van der Waals surface area contributed by atoms with E-state index >= 15 is 0 Å². The van der Waals surface area contributed by atoms with Gasteiger partial charge in [-0.15, -0.1) is 0 Å². The lowest BCUT2D eigenvalue weighted by Gasteiger charge is -2.66. The second kappa shape index (κ2) is 3.84. The molecule has 6 atom stereocenters. The Morgan fingerprint density at radius 2 is 1.76 bits per heavy atom. The molecule has 0 unspecified atom stereocenters. The molecule has 98 valence electrons. The highest BCUT2D eigenvalue weighted by molar-refractivity contribution is 14.1. The van der Waals surface area contributed by atoms with Gasteiger partial charge in [0.05, 0.1) is 11.2 Å². The van der Waals surface area contributed by atoms with Crippen molar-refractivity contribution in [1.29, 1.82) is 0 Å². The largest absolute Gasteiger partial charge is 0.368 e. The molecule has 4 rings (SSSR count). The van der Waals surface area contributed by atoms with E-state index in [9.17, 15) is 0 Å². The summed E-state index contributed by atoms with van der Waals surface area (Å²) in [6.07, 6.45) is 5.35. The van der Waals surface area contributed by atoms with E-state index in [0.29, 0.717) is 0 Å². The lowest BCUT2D eigenvalue weighted by atomic mass is 9.52. The molecule has 0 spiro atoms. The van der Waals surface area contributed by atoms with Crippen molar-refractivity contribution < 1.29 is 4.74 Å². The highest BCUT2D eigenvalue weighted by Crippen LogP contribution is 2.62. The van der Waals surface area contributed by atoms with E-state index in [4.69, 9.17) is 4.74 Å². The minimum absolute atomic E-state index is 0.155. The van der Waals surface area contributed by atoms with E-state index in [0.717, 1.165) is 27.6 Å². The van der Waals surface area contributed by atoms with Crippen LogP contribution in [0.25, 0.3) is 0 Å². The van der Waals surface area contributed by atoms with Crippen LogP contribution in [0.5, 0.6) is 0 Å². The van der Waals surface area contributed by atoms with Crippen LogP contribution in [-0.4, -0.2) is 15.1 Å². The smallest absolute Gasteiger partial charge is 0.0782 e. The predicted octanol–water partition coefficient (Wildman–Crippen LogP) is 4.43. The van der Waals surface area contributed by atoms with E-state index < -0.39 is 0 Å². The van der Waals surface area contributed by atoms with Crippen molar-refractivity contribution in [1.82, 2.24) is 0 Å². The van der Waals surface area contributed by atoms with Crippen LogP contribution in [0.3, 0.4) is 0 Å². The quantitative estimate of drug-likeness (QED) is 0.503. The first-order chi connectivity index (χ1) is 7.87. The minimum atomic E-state index is 0.155. The van der Waals surface area contributed by atoms with Gasteiger partial charge in [-0.05, 0) is 63.2 Å². The van der Waals surface area contributed by atoms with Crippen molar-refractivity contribution in [2.45, 2.75) is 68.5 Å². The maximum Gasteiger partial charge on any atom is 0.0782 e. The van der Waals surface area contributed by atoms with Gasteiger partial charge in [0.1, 0.15) is 0 Å². The van der Waals surface area contributed by atoms with Gasteiger partial charge in [-0.1, -0.05) is 36.4 Å². The second-order valence-corrected chi connectivity index (χ2v) is 8.64. The summed E-state index contributed by atoms with van der Waals surface area (Å²) < 4.78 is 7.29. The zero-order chi connectivity index (χ0) is 12.4. The van der Waals surface area contributed by atoms with Gasteiger partial charge in [-0.25, -0.2) is 0 Å². The SMILES string of the molecule is CC(C)[C@H]1CC[C@]2(C)O[C@]3(C)CC[C@@H]2[C@@H]1[C@@H]3I. The minimum Gasteiger partial charge on any atom is -0.368 e. The molecule has 2 saturated carbocycles. The van der Waals surface area contributed by atoms with Crippen LogP contribution in [0.4, 0.5) is 0 Å². The number of hydrogen-bond acceptors (Lipinski definition) is 1. The molecule has 2 heterocycles. The molecule has 4 fully saturated rings. The molecule has 4 aliphatic rings. The predicted molar refractivity (Wildman–Crippen MR) is 79.5 cm³/mol. The van der Waals surface area contributed by atoms with Crippen LogP contribution in [-0.2, 0) is 4.74 Å². The van der Waals surface area contributed by atoms with E-state index in [1.54, 1.807) is 0 Å². The first-order valence-electron chi connectivity index (χ1n) is 7.22. The zero-order valence-corrected chi connectivity index (χ0v) is 13.7. The highest BCUT2D eigenvalue weighted by atomic mass is 127. The van der Waals surface area contributed by atoms with E-state index in [1.807, 2.05) is 0 Å². The lowest BCUT2D eigenvalue weighted by Crippen LogP contribution is -2.68. The third-order valence-electron chi connectivity index (χ3n) is 5.91. The summed E-state index contributed by atoms with van der Waals surface area (Å²) >= 11 is 2.70. The van der Waals surface area contributed by atoms with Gasteiger partial charge in [0.25, 0.3) is 0 Å². The Bertz CT molecular complexity index is 325. The van der Waals surface area contributed by atoms with E-state index in [1.165, 1.54) is 25.7 Å². The summed E-state index contributed by atoms with van der Waals surface area (Å²) in [5.41, 5.74) is 0.354. The average molecular weight is 348 g/mol. The average Bonchev–Trinajstić information content (AvgIpc) is 2.23. The fourth-order valence-corrected chi connectivity index (χ4v) is 6.46. The van der Waals surface area contributed by atoms with Crippen LogP contribution in [0.2, 0.25) is 0 Å². The molecule has 2 aliphatic heterocycles. The summed E-state index contributed by atoms with van der Waals surface area (Å²) in [6, 6.07) is 0. The van der Waals surface area contributed by atoms with Crippen LogP contribution in [0.15, 0.2) is 0 Å². The third-order valence-corrected chi connectivity index (χ3v) is 8.06. The van der Waals surface area contributed by atoms with E-state index in [-0.39, 0.29) is 11.2 Å². The van der Waals surface area contributed by atoms with Crippen molar-refractivity contribution in [3.63, 3.8) is 0 Å². The number of ether oxygens (including phenoxy) is 1. The monoisotopic (exact) mass is 348 g/mol. The normalized spacial score (nSPS) is 57.5. The molecule has 0 aromatic carbocycles. The Morgan fingerprint density at radius 3 is 2.41 bits per heavy atom. The lowest BCUT2D eigenvalue weighted by molar-refractivity contribution is -0.278. The van der Waals surface area contributed by atoms with E-state index in [2.05, 4.69) is 50.3 Å². The standard InChI is InChI=1S/C15H25IO/c1-9(2)10-5-7-14(3)11-6-8-15(4,17-14)13(16)12(10)11/h9-13H,5-8H2,1-4H3/t10-,11-,12-,13+,14+,15-/m1/s1. The molecule has 2 saturated heterocycles. The Balaban J connectivity index is 2.00. The van der Waals surface area contributed by atoms with Gasteiger partial charge >= 0.3 is 0 Å². The Kier molecular flexibility index (Phi) is 2.87. The molecular formula is C15H25IO. The molecule has 2 heteroatoms. The molecule has 17 heavy (non-hydrogen) atoms. The summed E-state index contributed by atoms with van der Waals surface area (Å²) in [5, 5.41) is 0. The number of rotatable bonds is 1. The van der Waals surface area contributed by atoms with Crippen molar-refractivity contribution in [3.05, 3.63) is 0 Å². The van der Waals surface area contributed by atoms with Crippen LogP contribution >= 0.6 is 22.6 Å². The molecule has 0 radical (unpaired) electrons. The Labute approximate surface area is 119 Å². The van der Waals surface area contributed by atoms with Crippen LogP contribution in [0, 0.1) is 23.7 Å². The molecule has 4 bridgehead atoms. The number of fused-ring (bicyclic) bond motifs is 1. The number of hydrogen-bond donors (Lipinski definition) is 0. The molecular weight excluding hydrogens is 323 g/mol. The van der Waals surface area contributed by atoms with Crippen molar-refractivity contribution in [2.24, 2.45) is 23.7 Å². The second-order valence-electron chi connectivity index (χ2n) is 7.30. The maximum atomic E-state index is 6.56. The molecule has 0 aromatic heterocycles. The number of halogens is 1. The van der Waals surface area contributed by atoms with Crippen molar-refractivity contribution >= 4 is 22.6 Å². The van der Waals surface area contributed by atoms with Gasteiger partial charge in [-0.2, -0.15) is 0 Å². The maximum absolute atomic E-state index is 6.56. The van der Waals surface area contributed by atoms with Gasteiger partial charge < -0.3 is 4.74 Å². The summed E-state index contributed by atoms with van der Waals surface area (Å²) in [6.45, 7) is 9.60. The van der Waals surface area contributed by atoms with Crippen molar-refractivity contribution in [2.75, 3.05) is 0 Å². The highest BCUT2D eigenvalue weighted by Gasteiger charge is 2.63. The Morgan fingerprint density at radius 1 is 1.12 bits per heavy atom. The van der Waals surface area contributed by atoms with Gasteiger partial charge in [0.2, 0.25) is 0 Å². The third kappa shape index (κ3) is 1.65. The molecule has 0 amide bonds. The molecule has 2 aliphatic carbocycles.